The van der Waals surface area contributed by atoms with Crippen molar-refractivity contribution < 1.29 is 4.39 Å². The highest BCUT2D eigenvalue weighted by molar-refractivity contribution is 5.59. The zero-order valence-corrected chi connectivity index (χ0v) is 11.3. The first-order chi connectivity index (χ1) is 9.33. The molecule has 3 heteroatoms. The smallest absolute Gasteiger partial charge is 0.132 e. The van der Waals surface area contributed by atoms with Crippen LogP contribution in [0.15, 0.2) is 23.8 Å². The van der Waals surface area contributed by atoms with Gasteiger partial charge in [0.2, 0.25) is 0 Å². The third kappa shape index (κ3) is 2.98. The SMILES string of the molecule is Fc1cc(N2CCCC2)ccc1C=C1CCNCC1. The fourth-order valence-corrected chi connectivity index (χ4v) is 2.92. The summed E-state index contributed by atoms with van der Waals surface area (Å²) >= 11 is 0. The largest absolute Gasteiger partial charge is 0.371 e. The van der Waals surface area contributed by atoms with Gasteiger partial charge in [0.1, 0.15) is 5.82 Å². The predicted molar refractivity (Wildman–Crippen MR) is 77.9 cm³/mol. The van der Waals surface area contributed by atoms with Crippen molar-refractivity contribution in [3.8, 4) is 0 Å². The van der Waals surface area contributed by atoms with Gasteiger partial charge in [0.25, 0.3) is 0 Å². The van der Waals surface area contributed by atoms with E-state index in [1.807, 2.05) is 12.1 Å². The second-order valence-corrected chi connectivity index (χ2v) is 5.45. The molecular formula is C16H21FN2. The fraction of sp³-hybridized carbons (Fsp3) is 0.500. The Bertz CT molecular complexity index is 468. The number of halogens is 1. The van der Waals surface area contributed by atoms with Crippen LogP contribution in [-0.4, -0.2) is 26.2 Å². The molecule has 0 spiro atoms. The summed E-state index contributed by atoms with van der Waals surface area (Å²) in [5.41, 5.74) is 3.12. The maximum absolute atomic E-state index is 14.2. The summed E-state index contributed by atoms with van der Waals surface area (Å²) in [4.78, 5) is 2.27. The Morgan fingerprint density at radius 1 is 1.11 bits per heavy atom. The van der Waals surface area contributed by atoms with Crippen LogP contribution in [0.25, 0.3) is 6.08 Å². The minimum absolute atomic E-state index is 0.0876. The third-order valence-electron chi connectivity index (χ3n) is 4.06. The van der Waals surface area contributed by atoms with E-state index in [2.05, 4.69) is 16.3 Å². The van der Waals surface area contributed by atoms with Crippen LogP contribution in [0, 0.1) is 5.82 Å². The van der Waals surface area contributed by atoms with E-state index < -0.39 is 0 Å². The molecule has 1 aromatic rings. The highest BCUT2D eigenvalue weighted by Crippen LogP contribution is 2.24. The molecule has 0 radical (unpaired) electrons. The number of hydrogen-bond acceptors (Lipinski definition) is 2. The molecule has 0 aromatic heterocycles. The lowest BCUT2D eigenvalue weighted by Gasteiger charge is -2.18. The van der Waals surface area contributed by atoms with Crippen molar-refractivity contribution in [3.63, 3.8) is 0 Å². The number of piperidine rings is 1. The average molecular weight is 260 g/mol. The molecule has 0 aliphatic carbocycles. The summed E-state index contributed by atoms with van der Waals surface area (Å²) in [7, 11) is 0. The molecule has 2 heterocycles. The summed E-state index contributed by atoms with van der Waals surface area (Å²) in [6, 6.07) is 5.68. The van der Waals surface area contributed by atoms with Crippen molar-refractivity contribution in [2.75, 3.05) is 31.1 Å². The van der Waals surface area contributed by atoms with Gasteiger partial charge in [-0.25, -0.2) is 4.39 Å². The minimum atomic E-state index is -0.0876. The molecule has 1 N–H and O–H groups in total. The van der Waals surface area contributed by atoms with Gasteiger partial charge in [0, 0.05) is 24.3 Å². The summed E-state index contributed by atoms with van der Waals surface area (Å²) in [5.74, 6) is -0.0876. The van der Waals surface area contributed by atoms with Gasteiger partial charge in [-0.05, 0) is 57.0 Å². The van der Waals surface area contributed by atoms with Gasteiger partial charge >= 0.3 is 0 Å². The van der Waals surface area contributed by atoms with Crippen LogP contribution in [0.3, 0.4) is 0 Å². The zero-order chi connectivity index (χ0) is 13.1. The van der Waals surface area contributed by atoms with Crippen LogP contribution in [0.5, 0.6) is 0 Å². The van der Waals surface area contributed by atoms with Crippen molar-refractivity contribution in [2.45, 2.75) is 25.7 Å². The van der Waals surface area contributed by atoms with Crippen molar-refractivity contribution in [1.82, 2.24) is 5.32 Å². The molecule has 0 unspecified atom stereocenters. The van der Waals surface area contributed by atoms with E-state index in [1.165, 1.54) is 18.4 Å². The average Bonchev–Trinajstić information content (AvgIpc) is 2.96. The zero-order valence-electron chi connectivity index (χ0n) is 11.3. The van der Waals surface area contributed by atoms with Gasteiger partial charge in [-0.3, -0.25) is 0 Å². The van der Waals surface area contributed by atoms with Gasteiger partial charge < -0.3 is 10.2 Å². The fourth-order valence-electron chi connectivity index (χ4n) is 2.92. The first kappa shape index (κ1) is 12.7. The highest BCUT2D eigenvalue weighted by Gasteiger charge is 2.14. The van der Waals surface area contributed by atoms with E-state index >= 15 is 0 Å². The number of nitrogens with zero attached hydrogens (tertiary/aromatic N) is 1. The van der Waals surface area contributed by atoms with Gasteiger partial charge in [0.05, 0.1) is 0 Å². The van der Waals surface area contributed by atoms with Gasteiger partial charge in [-0.1, -0.05) is 11.6 Å². The Morgan fingerprint density at radius 2 is 1.84 bits per heavy atom. The summed E-state index contributed by atoms with van der Waals surface area (Å²) < 4.78 is 14.2. The van der Waals surface area contributed by atoms with Gasteiger partial charge in [-0.15, -0.1) is 0 Å². The van der Waals surface area contributed by atoms with Gasteiger partial charge in [0.15, 0.2) is 0 Å². The molecule has 2 saturated heterocycles. The molecule has 1 aromatic carbocycles. The molecule has 3 rings (SSSR count). The molecule has 2 fully saturated rings. The van der Waals surface area contributed by atoms with E-state index in [1.54, 1.807) is 6.07 Å². The molecule has 2 aliphatic rings. The van der Waals surface area contributed by atoms with Crippen LogP contribution in [0.2, 0.25) is 0 Å². The minimum Gasteiger partial charge on any atom is -0.371 e. The second-order valence-electron chi connectivity index (χ2n) is 5.45. The first-order valence-corrected chi connectivity index (χ1v) is 7.27. The summed E-state index contributed by atoms with van der Waals surface area (Å²) in [6.07, 6.45) is 6.55. The highest BCUT2D eigenvalue weighted by atomic mass is 19.1. The van der Waals surface area contributed by atoms with Crippen LogP contribution >= 0.6 is 0 Å². The Hall–Kier alpha value is -1.35. The number of benzene rings is 1. The Balaban J connectivity index is 1.79. The summed E-state index contributed by atoms with van der Waals surface area (Å²) in [5, 5.41) is 3.32. The molecule has 0 atom stereocenters. The molecule has 2 aliphatic heterocycles. The summed E-state index contributed by atoms with van der Waals surface area (Å²) in [6.45, 7) is 4.15. The molecular weight excluding hydrogens is 239 g/mol. The molecule has 0 bridgehead atoms. The van der Waals surface area contributed by atoms with Gasteiger partial charge in [-0.2, -0.15) is 0 Å². The quantitative estimate of drug-likeness (QED) is 0.878. The van der Waals surface area contributed by atoms with Crippen LogP contribution < -0.4 is 10.2 Å². The number of nitrogens with one attached hydrogen (secondary N) is 1. The topological polar surface area (TPSA) is 15.3 Å². The Morgan fingerprint density at radius 3 is 2.53 bits per heavy atom. The third-order valence-corrected chi connectivity index (χ3v) is 4.06. The standard InChI is InChI=1S/C16H21FN2/c17-16-12-15(19-9-1-2-10-19)4-3-14(16)11-13-5-7-18-8-6-13/h3-4,11-12,18H,1-2,5-10H2. The van der Waals surface area contributed by atoms with Crippen molar-refractivity contribution >= 4 is 11.8 Å². The normalized spacial score (nSPS) is 19.8. The van der Waals surface area contributed by atoms with E-state index in [9.17, 15) is 4.39 Å². The first-order valence-electron chi connectivity index (χ1n) is 7.27. The van der Waals surface area contributed by atoms with E-state index in [-0.39, 0.29) is 5.82 Å². The number of hydrogen-bond donors (Lipinski definition) is 1. The maximum Gasteiger partial charge on any atom is 0.132 e. The predicted octanol–water partition coefficient (Wildman–Crippen LogP) is 3.19. The lowest BCUT2D eigenvalue weighted by atomic mass is 10.0. The van der Waals surface area contributed by atoms with E-state index in [4.69, 9.17) is 0 Å². The van der Waals surface area contributed by atoms with Crippen molar-refractivity contribution in [1.29, 1.82) is 0 Å². The monoisotopic (exact) mass is 260 g/mol. The second kappa shape index (κ2) is 5.74. The number of rotatable bonds is 2. The molecule has 19 heavy (non-hydrogen) atoms. The van der Waals surface area contributed by atoms with Crippen LogP contribution in [-0.2, 0) is 0 Å². The molecule has 2 nitrogen and oxygen atoms in total. The van der Waals surface area contributed by atoms with Crippen LogP contribution in [0.4, 0.5) is 10.1 Å². The van der Waals surface area contributed by atoms with E-state index in [0.29, 0.717) is 0 Å². The van der Waals surface area contributed by atoms with Crippen molar-refractivity contribution in [2.24, 2.45) is 0 Å². The van der Waals surface area contributed by atoms with E-state index in [0.717, 1.165) is 50.3 Å². The van der Waals surface area contributed by atoms with Crippen molar-refractivity contribution in [3.05, 3.63) is 35.2 Å². The molecule has 0 amide bonds. The molecule has 0 saturated carbocycles. The van der Waals surface area contributed by atoms with Crippen LogP contribution in [0.1, 0.15) is 31.2 Å². The Labute approximate surface area is 114 Å². The lowest BCUT2D eigenvalue weighted by molar-refractivity contribution is 0.609. The number of anilines is 1. The lowest BCUT2D eigenvalue weighted by Crippen LogP contribution is -2.23. The maximum atomic E-state index is 14.2. The Kier molecular flexibility index (Phi) is 3.83. The molecule has 102 valence electrons.